The number of nitrogens with zero attached hydrogens (tertiary/aromatic N) is 4. The summed E-state index contributed by atoms with van der Waals surface area (Å²) in [6.07, 6.45) is 12.0. The van der Waals surface area contributed by atoms with Crippen molar-refractivity contribution in [2.45, 2.75) is 89.4 Å². The fourth-order valence-electron chi connectivity index (χ4n) is 10.3. The molecule has 386 valence electrons. The molecule has 2 aliphatic rings. The van der Waals surface area contributed by atoms with Gasteiger partial charge in [0.2, 0.25) is 27.5 Å². The van der Waals surface area contributed by atoms with Crippen LogP contribution in [0.4, 0.5) is 11.4 Å². The summed E-state index contributed by atoms with van der Waals surface area (Å²) in [5, 5.41) is 18.3. The molecule has 8 rings (SSSR count). The Hall–Kier alpha value is -6.98. The lowest BCUT2D eigenvalue weighted by Gasteiger charge is -2.25. The number of benzene rings is 5. The zero-order chi connectivity index (χ0) is 53.0. The molecule has 14 nitrogen and oxygen atoms in total. The number of aryl methyl sites for hydroxylation is 2. The monoisotopic (exact) mass is 1040 g/mol. The maximum atomic E-state index is 13.2. The van der Waals surface area contributed by atoms with Crippen LogP contribution in [0.2, 0.25) is 0 Å². The van der Waals surface area contributed by atoms with Crippen molar-refractivity contribution in [2.24, 2.45) is 5.14 Å². The first-order valence-electron chi connectivity index (χ1n) is 25.1. The van der Waals surface area contributed by atoms with Crippen molar-refractivity contribution >= 4 is 59.8 Å². The van der Waals surface area contributed by atoms with Crippen LogP contribution in [-0.4, -0.2) is 85.2 Å². The number of rotatable bonds is 20. The van der Waals surface area contributed by atoms with E-state index in [0.29, 0.717) is 37.2 Å². The Kier molecular flexibility index (Phi) is 15.7. The van der Waals surface area contributed by atoms with Gasteiger partial charge in [0, 0.05) is 84.7 Å². The molecule has 74 heavy (non-hydrogen) atoms. The van der Waals surface area contributed by atoms with E-state index >= 15 is 0 Å². The summed E-state index contributed by atoms with van der Waals surface area (Å²) in [7, 11) is -8.14. The predicted molar refractivity (Wildman–Crippen MR) is 293 cm³/mol. The van der Waals surface area contributed by atoms with Crippen molar-refractivity contribution in [3.05, 3.63) is 173 Å². The van der Waals surface area contributed by atoms with Gasteiger partial charge in [0.15, 0.2) is 5.71 Å². The van der Waals surface area contributed by atoms with Crippen molar-refractivity contribution in [2.75, 3.05) is 36.8 Å². The number of nitrogens with one attached hydrogen (secondary N) is 2. The number of hydrogen-bond donors (Lipinski definition) is 3. The van der Waals surface area contributed by atoms with E-state index in [1.807, 2.05) is 55.5 Å². The number of unbranched alkanes of at least 4 members (excludes halogenated alkanes) is 1. The van der Waals surface area contributed by atoms with Gasteiger partial charge in [-0.05, 0) is 105 Å². The fourth-order valence-corrected chi connectivity index (χ4v) is 11.4. The minimum absolute atomic E-state index is 0.000743. The molecule has 4 N–H and O–H groups in total. The van der Waals surface area contributed by atoms with Crippen LogP contribution in [-0.2, 0) is 53.4 Å². The summed E-state index contributed by atoms with van der Waals surface area (Å²) in [4.78, 5) is 28.5. The number of amides is 2. The molecule has 2 aliphatic heterocycles. The Morgan fingerprint density at radius 1 is 0.811 bits per heavy atom. The van der Waals surface area contributed by atoms with Gasteiger partial charge in [-0.25, -0.2) is 26.7 Å². The number of likely N-dealkylation sites (N-methyl/N-ethyl adjacent to an activating group) is 1. The molecule has 0 atom stereocenters. The van der Waals surface area contributed by atoms with Gasteiger partial charge in [0.1, 0.15) is 6.54 Å². The van der Waals surface area contributed by atoms with Crippen molar-refractivity contribution in [3.8, 4) is 16.9 Å². The zero-order valence-electron chi connectivity index (χ0n) is 42.9. The number of anilines is 1. The second kappa shape index (κ2) is 21.9. The van der Waals surface area contributed by atoms with Crippen LogP contribution in [0, 0.1) is 6.92 Å². The Morgan fingerprint density at radius 3 is 2.23 bits per heavy atom. The van der Waals surface area contributed by atoms with Crippen LogP contribution in [0.5, 0.6) is 0 Å². The number of carbonyl (C=O) groups is 2. The second-order valence-corrected chi connectivity index (χ2v) is 23.1. The van der Waals surface area contributed by atoms with Gasteiger partial charge in [-0.2, -0.15) is 9.67 Å². The number of nitrogens with two attached hydrogens (primary N) is 1. The second-order valence-electron chi connectivity index (χ2n) is 20.0. The quantitative estimate of drug-likeness (QED) is 0.0290. The van der Waals surface area contributed by atoms with E-state index in [0.717, 1.165) is 62.7 Å². The maximum Gasteiger partial charge on any atom is 0.238 e. The lowest BCUT2D eigenvalue weighted by atomic mass is 9.79. The Morgan fingerprint density at radius 2 is 1.53 bits per heavy atom. The van der Waals surface area contributed by atoms with Crippen molar-refractivity contribution in [1.29, 1.82) is 0 Å². The van der Waals surface area contributed by atoms with Crippen molar-refractivity contribution in [1.82, 2.24) is 20.4 Å². The van der Waals surface area contributed by atoms with E-state index in [-0.39, 0.29) is 59.2 Å². The normalized spacial score (nSPS) is 15.7. The summed E-state index contributed by atoms with van der Waals surface area (Å²) < 4.78 is 61.8. The van der Waals surface area contributed by atoms with Gasteiger partial charge in [-0.15, -0.1) is 0 Å². The molecule has 3 heterocycles. The van der Waals surface area contributed by atoms with Crippen LogP contribution in [0.25, 0.3) is 27.7 Å². The fraction of sp³-hybridized carbons (Fsp3) is 0.310. The molecule has 5 aromatic carbocycles. The molecule has 0 unspecified atom stereocenters. The molecular formula is C58H65N7O7S2. The van der Waals surface area contributed by atoms with Crippen LogP contribution >= 0.6 is 0 Å². The van der Waals surface area contributed by atoms with Gasteiger partial charge in [0.25, 0.3) is 0 Å². The average molecular weight is 1040 g/mol. The molecular weight excluding hydrogens is 971 g/mol. The highest BCUT2D eigenvalue weighted by atomic mass is 32.2. The molecule has 0 radical (unpaired) electrons. The number of sulfonamides is 1. The van der Waals surface area contributed by atoms with Crippen LogP contribution in [0.1, 0.15) is 81.8 Å². The molecule has 2 amide bonds. The van der Waals surface area contributed by atoms with E-state index < -0.39 is 20.1 Å². The highest BCUT2D eigenvalue weighted by Gasteiger charge is 2.45. The largest absolute Gasteiger partial charge is 0.748 e. The average Bonchev–Trinajstić information content (AvgIpc) is 3.95. The van der Waals surface area contributed by atoms with Crippen LogP contribution in [0.3, 0.4) is 0 Å². The van der Waals surface area contributed by atoms with Crippen molar-refractivity contribution in [3.63, 3.8) is 0 Å². The lowest BCUT2D eigenvalue weighted by molar-refractivity contribution is -0.438. The summed E-state index contributed by atoms with van der Waals surface area (Å²) in [5.41, 5.74) is 11.1. The number of primary sulfonamides is 1. The lowest BCUT2D eigenvalue weighted by Crippen LogP contribution is -2.35. The summed E-state index contributed by atoms with van der Waals surface area (Å²) in [6, 6.07) is 34.9. The number of carbonyl (C=O) groups excluding carboxylic acids is 2. The van der Waals surface area contributed by atoms with E-state index in [1.54, 1.807) is 16.8 Å². The molecule has 0 bridgehead atoms. The first kappa shape index (κ1) is 53.3. The van der Waals surface area contributed by atoms with Gasteiger partial charge in [-0.1, -0.05) is 98.3 Å². The Bertz CT molecular complexity index is 3460. The van der Waals surface area contributed by atoms with Gasteiger partial charge in [0.05, 0.1) is 43.9 Å². The van der Waals surface area contributed by atoms with E-state index in [9.17, 15) is 31.0 Å². The smallest absolute Gasteiger partial charge is 0.238 e. The molecule has 1 aromatic heterocycles. The first-order chi connectivity index (χ1) is 35.2. The minimum atomic E-state index is -4.28. The number of aromatic nitrogens is 2. The van der Waals surface area contributed by atoms with Crippen LogP contribution in [0.15, 0.2) is 150 Å². The summed E-state index contributed by atoms with van der Waals surface area (Å²) in [6.45, 7) is 14.9. The molecule has 6 aromatic rings. The molecule has 0 fully saturated rings. The topological polar surface area (TPSA) is 200 Å². The highest BCUT2D eigenvalue weighted by Crippen LogP contribution is 2.48. The Labute approximate surface area is 435 Å². The van der Waals surface area contributed by atoms with E-state index in [2.05, 4.69) is 121 Å². The summed E-state index contributed by atoms with van der Waals surface area (Å²) >= 11 is 0. The zero-order valence-corrected chi connectivity index (χ0v) is 44.5. The number of fused-ring (bicyclic) bond motifs is 4. The Balaban J connectivity index is 0.866. The minimum Gasteiger partial charge on any atom is -0.748 e. The van der Waals surface area contributed by atoms with Crippen LogP contribution < -0.4 is 20.7 Å². The maximum absolute atomic E-state index is 13.2. The first-order valence-corrected chi connectivity index (χ1v) is 28.2. The third-order valence-electron chi connectivity index (χ3n) is 14.0. The van der Waals surface area contributed by atoms with Gasteiger partial charge < -0.3 is 20.1 Å². The van der Waals surface area contributed by atoms with Crippen molar-refractivity contribution < 1.29 is 35.6 Å². The van der Waals surface area contributed by atoms with Gasteiger partial charge in [-0.3, -0.25) is 9.59 Å². The van der Waals surface area contributed by atoms with E-state index in [4.69, 9.17) is 10.2 Å². The van der Waals surface area contributed by atoms with E-state index in [1.165, 1.54) is 23.1 Å². The number of allylic oxidation sites excluding steroid dienone is 6. The molecule has 16 heteroatoms. The molecule has 0 spiro atoms. The molecule has 0 aliphatic carbocycles. The third-order valence-corrected chi connectivity index (χ3v) is 15.8. The molecule has 0 saturated heterocycles. The SMILES string of the molecule is CCN1/C(=C/C=C/C=C/C2=[N+](CCCCS(=O)(=O)[O-])c3ccc4ccccc4c3C2(C)C)C(C)(C)c2cc(CC(=O)NCCNC(=O)CCc3cc(-c4ccc(C)cc4)n(-c4ccc(S(N)(=O)=O)cc4)n3)ccc21. The third kappa shape index (κ3) is 11.8. The predicted octanol–water partition coefficient (Wildman–Crippen LogP) is 8.57. The highest BCUT2D eigenvalue weighted by molar-refractivity contribution is 7.89. The molecule has 0 saturated carbocycles. The van der Waals surface area contributed by atoms with Gasteiger partial charge >= 0.3 is 0 Å². The summed E-state index contributed by atoms with van der Waals surface area (Å²) in [5.74, 6) is -0.699. The number of hydrogen-bond acceptors (Lipinski definition) is 9. The standard InChI is InChI=1S/C58H65N7O7S2/c1-7-63-49-30-21-41(38-55(67)61-34-33-60-54(66)32-25-44-39-51(43-22-19-40(2)20-23-43)65(62-44)45-26-28-46(29-27-45)74(59,71)72)37-48(49)57(3,4)52(63)17-9-8-10-18-53-58(5,6)56-47-16-12-11-15-42(47)24-31-50(56)64(53)35-13-14-36-73(68,69)70/h8-12,15-24,26-31,37,39H,7,13-14,25,32-36,38H2,1-6H3,(H4-,59,60,61,66,67,68,69,70,71,72).